The van der Waals surface area contributed by atoms with E-state index < -0.39 is 0 Å². The largest absolute Gasteiger partial charge is 0.311 e. The van der Waals surface area contributed by atoms with Crippen LogP contribution in [0.4, 0.5) is 0 Å². The van der Waals surface area contributed by atoms with Gasteiger partial charge in [-0.25, -0.2) is 0 Å². The lowest BCUT2D eigenvalue weighted by Crippen LogP contribution is -2.65. The summed E-state index contributed by atoms with van der Waals surface area (Å²) in [5.41, 5.74) is 0.392. The summed E-state index contributed by atoms with van der Waals surface area (Å²) < 4.78 is 0. The maximum absolute atomic E-state index is 3.82. The monoisotopic (exact) mass is 266 g/mol. The minimum atomic E-state index is 0.392. The van der Waals surface area contributed by atoms with Gasteiger partial charge in [0.2, 0.25) is 0 Å². The van der Waals surface area contributed by atoms with E-state index >= 15 is 0 Å². The van der Waals surface area contributed by atoms with Gasteiger partial charge in [-0.15, -0.1) is 0 Å². The molecule has 112 valence electrons. The second kappa shape index (κ2) is 5.73. The van der Waals surface area contributed by atoms with E-state index in [2.05, 4.69) is 51.8 Å². The van der Waals surface area contributed by atoms with Gasteiger partial charge < -0.3 is 5.32 Å². The topological polar surface area (TPSA) is 15.3 Å². The number of rotatable bonds is 5. The Kier molecular flexibility index (Phi) is 4.62. The van der Waals surface area contributed by atoms with E-state index in [9.17, 15) is 0 Å². The molecule has 3 unspecified atom stereocenters. The van der Waals surface area contributed by atoms with Crippen molar-refractivity contribution in [3.63, 3.8) is 0 Å². The highest BCUT2D eigenvalue weighted by Crippen LogP contribution is 2.44. The van der Waals surface area contributed by atoms with Gasteiger partial charge in [-0.2, -0.15) is 0 Å². The molecule has 0 bridgehead atoms. The van der Waals surface area contributed by atoms with E-state index in [0.29, 0.717) is 17.6 Å². The summed E-state index contributed by atoms with van der Waals surface area (Å²) in [6.45, 7) is 16.9. The molecule has 0 amide bonds. The first-order chi connectivity index (χ1) is 8.87. The third kappa shape index (κ3) is 3.16. The number of nitrogens with one attached hydrogen (secondary N) is 1. The molecule has 1 aliphatic heterocycles. The van der Waals surface area contributed by atoms with Gasteiger partial charge in [-0.3, -0.25) is 4.90 Å². The normalized spacial score (nSPS) is 31.7. The average molecular weight is 266 g/mol. The summed E-state index contributed by atoms with van der Waals surface area (Å²) in [7, 11) is 0. The molecule has 1 N–H and O–H groups in total. The van der Waals surface area contributed by atoms with Crippen molar-refractivity contribution in [2.45, 2.75) is 78.4 Å². The van der Waals surface area contributed by atoms with Gasteiger partial charge >= 0.3 is 0 Å². The third-order valence-corrected chi connectivity index (χ3v) is 5.80. The number of piperazine rings is 1. The summed E-state index contributed by atoms with van der Waals surface area (Å²) in [6.07, 6.45) is 4.16. The van der Waals surface area contributed by atoms with E-state index in [1.807, 2.05) is 0 Å². The van der Waals surface area contributed by atoms with E-state index in [1.165, 1.54) is 32.4 Å². The predicted octanol–water partition coefficient (Wildman–Crippen LogP) is 3.52. The molecular formula is C17H34N2. The summed E-state index contributed by atoms with van der Waals surface area (Å²) in [6, 6.07) is 1.38. The fourth-order valence-electron chi connectivity index (χ4n) is 3.74. The van der Waals surface area contributed by atoms with Crippen LogP contribution >= 0.6 is 0 Å². The molecule has 0 spiro atoms. The van der Waals surface area contributed by atoms with Crippen molar-refractivity contribution >= 4 is 0 Å². The van der Waals surface area contributed by atoms with Crippen LogP contribution in [0.25, 0.3) is 0 Å². The molecule has 1 saturated carbocycles. The highest BCUT2D eigenvalue weighted by atomic mass is 15.3. The third-order valence-electron chi connectivity index (χ3n) is 5.80. The SMILES string of the molecule is CCC(C)C1CN(C(C)(C)C2CC2)C(C(C)C)CN1. The first-order valence-electron chi connectivity index (χ1n) is 8.38. The van der Waals surface area contributed by atoms with Crippen molar-refractivity contribution in [1.29, 1.82) is 0 Å². The molecule has 19 heavy (non-hydrogen) atoms. The molecule has 2 nitrogen and oxygen atoms in total. The Morgan fingerprint density at radius 3 is 2.32 bits per heavy atom. The lowest BCUT2D eigenvalue weighted by Gasteiger charge is -2.52. The first kappa shape index (κ1) is 15.3. The Bertz CT molecular complexity index is 294. The summed E-state index contributed by atoms with van der Waals surface area (Å²) in [4.78, 5) is 2.85. The second-order valence-electron chi connectivity index (χ2n) is 7.79. The van der Waals surface area contributed by atoms with Crippen LogP contribution in [0.2, 0.25) is 0 Å². The van der Waals surface area contributed by atoms with Gasteiger partial charge in [0.15, 0.2) is 0 Å². The second-order valence-corrected chi connectivity index (χ2v) is 7.79. The quantitative estimate of drug-likeness (QED) is 0.819. The average Bonchev–Trinajstić information content (AvgIpc) is 3.21. The zero-order valence-electron chi connectivity index (χ0n) is 13.9. The maximum Gasteiger partial charge on any atom is 0.0249 e. The molecule has 1 saturated heterocycles. The number of hydrogen-bond donors (Lipinski definition) is 1. The number of nitrogens with zero attached hydrogens (tertiary/aromatic N) is 1. The fraction of sp³-hybridized carbons (Fsp3) is 1.00. The molecule has 2 fully saturated rings. The van der Waals surface area contributed by atoms with Crippen LogP contribution in [-0.4, -0.2) is 35.6 Å². The Balaban J connectivity index is 2.12. The lowest BCUT2D eigenvalue weighted by atomic mass is 9.85. The molecular weight excluding hydrogens is 232 g/mol. The van der Waals surface area contributed by atoms with Crippen LogP contribution in [0.15, 0.2) is 0 Å². The Hall–Kier alpha value is -0.0800. The van der Waals surface area contributed by atoms with Gasteiger partial charge in [0.05, 0.1) is 0 Å². The maximum atomic E-state index is 3.82. The fourth-order valence-corrected chi connectivity index (χ4v) is 3.74. The smallest absolute Gasteiger partial charge is 0.0249 e. The highest BCUT2D eigenvalue weighted by Gasteiger charge is 2.47. The minimum Gasteiger partial charge on any atom is -0.311 e. The standard InChI is InChI=1S/C17H34N2/c1-7-13(4)15-11-19(16(10-18-15)12(2)3)17(5,6)14-8-9-14/h12-16,18H,7-11H2,1-6H3. The van der Waals surface area contributed by atoms with Crippen LogP contribution in [-0.2, 0) is 0 Å². The summed E-state index contributed by atoms with van der Waals surface area (Å²) in [5.74, 6) is 2.46. The molecule has 1 aliphatic carbocycles. The van der Waals surface area contributed by atoms with Crippen LogP contribution in [0.3, 0.4) is 0 Å². The van der Waals surface area contributed by atoms with Gasteiger partial charge in [0.25, 0.3) is 0 Å². The summed E-state index contributed by atoms with van der Waals surface area (Å²) >= 11 is 0. The molecule has 2 rings (SSSR count). The first-order valence-corrected chi connectivity index (χ1v) is 8.38. The van der Waals surface area contributed by atoms with Crippen molar-refractivity contribution in [2.24, 2.45) is 17.8 Å². The molecule has 0 aromatic rings. The molecule has 3 atom stereocenters. The highest BCUT2D eigenvalue weighted by molar-refractivity contribution is 5.02. The van der Waals surface area contributed by atoms with E-state index in [4.69, 9.17) is 0 Å². The number of hydrogen-bond acceptors (Lipinski definition) is 2. The summed E-state index contributed by atoms with van der Waals surface area (Å²) in [5, 5.41) is 3.82. The molecule has 2 aliphatic rings. The van der Waals surface area contributed by atoms with Gasteiger partial charge in [0.1, 0.15) is 0 Å². The predicted molar refractivity (Wildman–Crippen MR) is 83.4 cm³/mol. The zero-order valence-corrected chi connectivity index (χ0v) is 13.9. The van der Waals surface area contributed by atoms with E-state index in [-0.39, 0.29) is 0 Å². The Labute approximate surface area is 120 Å². The molecule has 0 aromatic heterocycles. The van der Waals surface area contributed by atoms with Crippen molar-refractivity contribution in [2.75, 3.05) is 13.1 Å². The van der Waals surface area contributed by atoms with E-state index in [0.717, 1.165) is 17.8 Å². The van der Waals surface area contributed by atoms with Crippen molar-refractivity contribution in [1.82, 2.24) is 10.2 Å². The van der Waals surface area contributed by atoms with Crippen molar-refractivity contribution in [3.8, 4) is 0 Å². The molecule has 0 aromatic carbocycles. The van der Waals surface area contributed by atoms with Crippen LogP contribution in [0.1, 0.15) is 60.8 Å². The molecule has 1 heterocycles. The van der Waals surface area contributed by atoms with Crippen molar-refractivity contribution < 1.29 is 0 Å². The molecule has 2 heteroatoms. The van der Waals surface area contributed by atoms with Crippen LogP contribution < -0.4 is 5.32 Å². The van der Waals surface area contributed by atoms with Gasteiger partial charge in [0, 0.05) is 30.7 Å². The van der Waals surface area contributed by atoms with Crippen molar-refractivity contribution in [3.05, 3.63) is 0 Å². The molecule has 0 radical (unpaired) electrons. The zero-order chi connectivity index (χ0) is 14.2. The minimum absolute atomic E-state index is 0.392. The van der Waals surface area contributed by atoms with Crippen LogP contribution in [0, 0.1) is 17.8 Å². The van der Waals surface area contributed by atoms with Crippen LogP contribution in [0.5, 0.6) is 0 Å². The van der Waals surface area contributed by atoms with Gasteiger partial charge in [-0.1, -0.05) is 34.1 Å². The Morgan fingerprint density at radius 2 is 1.84 bits per heavy atom. The van der Waals surface area contributed by atoms with Gasteiger partial charge in [-0.05, 0) is 44.4 Å². The lowest BCUT2D eigenvalue weighted by molar-refractivity contribution is -0.0103. The Morgan fingerprint density at radius 1 is 1.21 bits per heavy atom. The van der Waals surface area contributed by atoms with E-state index in [1.54, 1.807) is 0 Å².